The number of ether oxygens (including phenoxy) is 2. The Balaban J connectivity index is 1.81. The number of likely N-dealkylation sites (tertiary alicyclic amines) is 1. The van der Waals surface area contributed by atoms with E-state index in [1.165, 1.54) is 55.5 Å². The van der Waals surface area contributed by atoms with Crippen molar-refractivity contribution in [1.82, 2.24) is 4.90 Å². The molecular formula is C27H23FN2O7. The number of carbonyl (C=O) groups is 2. The second-order valence-electron chi connectivity index (χ2n) is 8.29. The molecule has 1 aliphatic rings. The average molecular weight is 506 g/mol. The van der Waals surface area contributed by atoms with E-state index in [1.54, 1.807) is 30.3 Å². The molecule has 0 aromatic heterocycles. The normalized spacial score (nSPS) is 16.6. The number of benzene rings is 3. The largest absolute Gasteiger partial charge is 0.507 e. The number of ketones is 1. The molecule has 0 spiro atoms. The van der Waals surface area contributed by atoms with E-state index in [9.17, 15) is 29.2 Å². The Morgan fingerprint density at radius 3 is 2.24 bits per heavy atom. The molecule has 37 heavy (non-hydrogen) atoms. The number of nitro groups is 1. The zero-order valence-electron chi connectivity index (χ0n) is 20.0. The van der Waals surface area contributed by atoms with Crippen molar-refractivity contribution in [3.63, 3.8) is 0 Å². The molecule has 1 unspecified atom stereocenters. The summed E-state index contributed by atoms with van der Waals surface area (Å²) in [7, 11) is 2.92. The van der Waals surface area contributed by atoms with Crippen molar-refractivity contribution in [2.75, 3.05) is 20.8 Å². The predicted molar refractivity (Wildman–Crippen MR) is 132 cm³/mol. The van der Waals surface area contributed by atoms with Gasteiger partial charge in [-0.05, 0) is 53.9 Å². The van der Waals surface area contributed by atoms with Crippen LogP contribution in [0.1, 0.15) is 22.7 Å². The van der Waals surface area contributed by atoms with Gasteiger partial charge in [0.25, 0.3) is 17.4 Å². The van der Waals surface area contributed by atoms with Gasteiger partial charge in [-0.3, -0.25) is 19.7 Å². The van der Waals surface area contributed by atoms with Crippen LogP contribution in [0.3, 0.4) is 0 Å². The molecule has 1 atom stereocenters. The highest BCUT2D eigenvalue weighted by Gasteiger charge is 2.46. The second kappa shape index (κ2) is 10.5. The Bertz CT molecular complexity index is 1380. The standard InChI is InChI=1S/C27H23FN2O7/c1-36-21-12-7-18(15-22(21)37-2)24-23(25(31)17-5-10-20(11-6-17)30(34)35)26(32)27(33)29(24)14-13-16-3-8-19(28)9-4-16/h3-12,15,24,31H,13-14H2,1-2H3/b25-23-. The number of nitrogens with zero attached hydrogens (tertiary/aromatic N) is 2. The van der Waals surface area contributed by atoms with E-state index in [0.717, 1.165) is 5.56 Å². The van der Waals surface area contributed by atoms with Gasteiger partial charge in [0.15, 0.2) is 11.5 Å². The maximum atomic E-state index is 13.3. The molecule has 1 saturated heterocycles. The highest BCUT2D eigenvalue weighted by molar-refractivity contribution is 6.46. The highest BCUT2D eigenvalue weighted by Crippen LogP contribution is 2.42. The number of carbonyl (C=O) groups excluding carboxylic acids is 2. The van der Waals surface area contributed by atoms with Gasteiger partial charge < -0.3 is 19.5 Å². The summed E-state index contributed by atoms with van der Waals surface area (Å²) < 4.78 is 24.0. The van der Waals surface area contributed by atoms with Crippen LogP contribution >= 0.6 is 0 Å². The van der Waals surface area contributed by atoms with Crippen molar-refractivity contribution >= 4 is 23.1 Å². The summed E-state index contributed by atoms with van der Waals surface area (Å²) >= 11 is 0. The van der Waals surface area contributed by atoms with Gasteiger partial charge >= 0.3 is 0 Å². The first-order valence-corrected chi connectivity index (χ1v) is 11.2. The highest BCUT2D eigenvalue weighted by atomic mass is 19.1. The van der Waals surface area contributed by atoms with Crippen molar-refractivity contribution in [3.05, 3.63) is 105 Å². The van der Waals surface area contributed by atoms with Crippen LogP contribution in [0.2, 0.25) is 0 Å². The first-order chi connectivity index (χ1) is 17.7. The summed E-state index contributed by atoms with van der Waals surface area (Å²) in [5.41, 5.74) is 1.04. The maximum absolute atomic E-state index is 13.3. The van der Waals surface area contributed by atoms with Crippen LogP contribution in [0.15, 0.2) is 72.3 Å². The molecule has 9 nitrogen and oxygen atoms in total. The zero-order chi connectivity index (χ0) is 26.7. The fourth-order valence-corrected chi connectivity index (χ4v) is 4.28. The number of hydrogen-bond donors (Lipinski definition) is 1. The molecule has 1 fully saturated rings. The third-order valence-corrected chi connectivity index (χ3v) is 6.17. The SMILES string of the molecule is COc1ccc(C2/C(=C(/O)c3ccc([N+](=O)[O-])cc3)C(=O)C(=O)N2CCc2ccc(F)cc2)cc1OC. The van der Waals surface area contributed by atoms with Crippen molar-refractivity contribution in [3.8, 4) is 11.5 Å². The van der Waals surface area contributed by atoms with Crippen LogP contribution in [-0.2, 0) is 16.0 Å². The lowest BCUT2D eigenvalue weighted by molar-refractivity contribution is -0.384. The molecule has 3 aromatic rings. The zero-order valence-corrected chi connectivity index (χ0v) is 20.0. The number of amides is 1. The van der Waals surface area contributed by atoms with E-state index >= 15 is 0 Å². The smallest absolute Gasteiger partial charge is 0.295 e. The minimum absolute atomic E-state index is 0.103. The Morgan fingerprint density at radius 2 is 1.65 bits per heavy atom. The number of methoxy groups -OCH3 is 2. The van der Waals surface area contributed by atoms with Gasteiger partial charge in [0.1, 0.15) is 11.6 Å². The van der Waals surface area contributed by atoms with E-state index in [2.05, 4.69) is 0 Å². The monoisotopic (exact) mass is 506 g/mol. The number of non-ortho nitro benzene ring substituents is 1. The molecule has 1 aliphatic heterocycles. The van der Waals surface area contributed by atoms with Gasteiger partial charge in [0.2, 0.25) is 0 Å². The first kappa shape index (κ1) is 25.4. The maximum Gasteiger partial charge on any atom is 0.295 e. The minimum atomic E-state index is -0.976. The van der Waals surface area contributed by atoms with Gasteiger partial charge in [-0.2, -0.15) is 0 Å². The number of Topliss-reactive ketones (excluding diaryl/α,β-unsaturated/α-hetero) is 1. The third kappa shape index (κ3) is 4.99. The molecule has 0 aliphatic carbocycles. The molecule has 0 bridgehead atoms. The Labute approximate surface area is 211 Å². The van der Waals surface area contributed by atoms with Crippen molar-refractivity contribution in [2.24, 2.45) is 0 Å². The van der Waals surface area contributed by atoms with Gasteiger partial charge in [0, 0.05) is 24.2 Å². The van der Waals surface area contributed by atoms with E-state index < -0.39 is 34.2 Å². The molecule has 1 N–H and O–H groups in total. The second-order valence-corrected chi connectivity index (χ2v) is 8.29. The first-order valence-electron chi connectivity index (χ1n) is 11.2. The Kier molecular flexibility index (Phi) is 7.19. The number of aliphatic hydroxyl groups excluding tert-OH is 1. The molecule has 1 heterocycles. The Hall–Kier alpha value is -4.73. The summed E-state index contributed by atoms with van der Waals surface area (Å²) in [5.74, 6) is -1.76. The van der Waals surface area contributed by atoms with Crippen LogP contribution in [0.5, 0.6) is 11.5 Å². The minimum Gasteiger partial charge on any atom is -0.507 e. The van der Waals surface area contributed by atoms with Gasteiger partial charge in [-0.1, -0.05) is 18.2 Å². The molecule has 190 valence electrons. The van der Waals surface area contributed by atoms with E-state index in [1.807, 2.05) is 0 Å². The quantitative estimate of drug-likeness (QED) is 0.158. The number of halogens is 1. The van der Waals surface area contributed by atoms with Gasteiger partial charge in [-0.15, -0.1) is 0 Å². The van der Waals surface area contributed by atoms with Gasteiger partial charge in [0.05, 0.1) is 30.8 Å². The molecule has 10 heteroatoms. The molecule has 4 rings (SSSR count). The summed E-state index contributed by atoms with van der Waals surface area (Å²) in [6, 6.07) is 14.7. The lowest BCUT2D eigenvalue weighted by Crippen LogP contribution is -2.31. The number of aliphatic hydroxyl groups is 1. The lowest BCUT2D eigenvalue weighted by atomic mass is 9.94. The van der Waals surface area contributed by atoms with Crippen LogP contribution in [0, 0.1) is 15.9 Å². The topological polar surface area (TPSA) is 119 Å². The number of rotatable bonds is 8. The molecular weight excluding hydrogens is 483 g/mol. The van der Waals surface area contributed by atoms with Gasteiger partial charge in [-0.25, -0.2) is 4.39 Å². The van der Waals surface area contributed by atoms with E-state index in [4.69, 9.17) is 9.47 Å². The number of hydrogen-bond acceptors (Lipinski definition) is 7. The number of nitro benzene ring substituents is 1. The van der Waals surface area contributed by atoms with Crippen molar-refractivity contribution in [2.45, 2.75) is 12.5 Å². The van der Waals surface area contributed by atoms with Crippen molar-refractivity contribution in [1.29, 1.82) is 0 Å². The van der Waals surface area contributed by atoms with E-state index in [0.29, 0.717) is 23.5 Å². The van der Waals surface area contributed by atoms with Crippen LogP contribution in [0.4, 0.5) is 10.1 Å². The van der Waals surface area contributed by atoms with E-state index in [-0.39, 0.29) is 23.4 Å². The fraction of sp³-hybridized carbons (Fsp3) is 0.185. The summed E-state index contributed by atoms with van der Waals surface area (Å²) in [4.78, 5) is 38.1. The van der Waals surface area contributed by atoms with Crippen LogP contribution in [0.25, 0.3) is 5.76 Å². The van der Waals surface area contributed by atoms with Crippen LogP contribution in [-0.4, -0.2) is 47.4 Å². The third-order valence-electron chi connectivity index (χ3n) is 6.17. The average Bonchev–Trinajstić information content (AvgIpc) is 3.16. The molecule has 0 radical (unpaired) electrons. The fourth-order valence-electron chi connectivity index (χ4n) is 4.28. The van der Waals surface area contributed by atoms with Crippen molar-refractivity contribution < 1.29 is 33.5 Å². The molecule has 0 saturated carbocycles. The summed E-state index contributed by atoms with van der Waals surface area (Å²) in [6.07, 6.45) is 0.328. The Morgan fingerprint density at radius 1 is 1.00 bits per heavy atom. The lowest BCUT2D eigenvalue weighted by Gasteiger charge is -2.26. The summed E-state index contributed by atoms with van der Waals surface area (Å²) in [6.45, 7) is 0.103. The molecule has 3 aromatic carbocycles. The molecule has 1 amide bonds. The summed E-state index contributed by atoms with van der Waals surface area (Å²) in [5, 5.41) is 22.2. The predicted octanol–water partition coefficient (Wildman–Crippen LogP) is 4.42. The van der Waals surface area contributed by atoms with Crippen LogP contribution < -0.4 is 9.47 Å².